The maximum Gasteiger partial charge on any atom is 0.237 e. The summed E-state index contributed by atoms with van der Waals surface area (Å²) >= 11 is 0. The van der Waals surface area contributed by atoms with Crippen LogP contribution in [0.5, 0.6) is 0 Å². The summed E-state index contributed by atoms with van der Waals surface area (Å²) in [7, 11) is 0. The molecule has 19 heavy (non-hydrogen) atoms. The number of halogens is 1. The van der Waals surface area contributed by atoms with Crippen molar-refractivity contribution in [1.29, 1.82) is 0 Å². The van der Waals surface area contributed by atoms with E-state index in [-0.39, 0.29) is 30.4 Å². The fraction of sp³-hybridized carbons (Fsp3) is 0.933. The third-order valence-corrected chi connectivity index (χ3v) is 5.05. The molecule has 5 atom stereocenters. The lowest BCUT2D eigenvalue weighted by atomic mass is 9.85. The molecule has 3 nitrogen and oxygen atoms in total. The number of hydrogen-bond donors (Lipinski definition) is 2. The maximum atomic E-state index is 12.2. The van der Waals surface area contributed by atoms with E-state index < -0.39 is 0 Å². The lowest BCUT2D eigenvalue weighted by Gasteiger charge is -2.24. The molecule has 112 valence electrons. The zero-order valence-electron chi connectivity index (χ0n) is 12.4. The van der Waals surface area contributed by atoms with Gasteiger partial charge in [-0.25, -0.2) is 0 Å². The van der Waals surface area contributed by atoms with Crippen LogP contribution in [-0.4, -0.2) is 24.0 Å². The van der Waals surface area contributed by atoms with Crippen LogP contribution in [0.3, 0.4) is 0 Å². The summed E-state index contributed by atoms with van der Waals surface area (Å²) < 4.78 is 0. The van der Waals surface area contributed by atoms with Crippen LogP contribution in [0.2, 0.25) is 0 Å². The molecule has 4 heteroatoms. The highest BCUT2D eigenvalue weighted by Crippen LogP contribution is 2.33. The molecule has 0 aromatic carbocycles. The number of hydrogen-bond acceptors (Lipinski definition) is 2. The van der Waals surface area contributed by atoms with Gasteiger partial charge in [0.1, 0.15) is 0 Å². The van der Waals surface area contributed by atoms with Gasteiger partial charge >= 0.3 is 0 Å². The molecule has 5 unspecified atom stereocenters. The number of carbonyl (C=O) groups is 1. The first-order valence-electron chi connectivity index (χ1n) is 7.68. The lowest BCUT2D eigenvalue weighted by Crippen LogP contribution is -2.47. The van der Waals surface area contributed by atoms with E-state index >= 15 is 0 Å². The molecule has 2 aliphatic rings. The number of fused-ring (bicyclic) bond motifs is 1. The van der Waals surface area contributed by atoms with Crippen molar-refractivity contribution in [2.75, 3.05) is 0 Å². The lowest BCUT2D eigenvalue weighted by molar-refractivity contribution is -0.123. The van der Waals surface area contributed by atoms with Crippen LogP contribution >= 0.6 is 12.4 Å². The Balaban J connectivity index is 0.00000180. The molecule has 0 bridgehead atoms. The molecule has 0 spiro atoms. The zero-order chi connectivity index (χ0) is 13.1. The third kappa shape index (κ3) is 4.09. The highest BCUT2D eigenvalue weighted by molar-refractivity contribution is 5.85. The summed E-state index contributed by atoms with van der Waals surface area (Å²) in [6, 6.07) is 0.949. The first kappa shape index (κ1) is 16.8. The van der Waals surface area contributed by atoms with E-state index in [1.807, 2.05) is 0 Å². The van der Waals surface area contributed by atoms with Gasteiger partial charge in [0.05, 0.1) is 6.04 Å². The number of carbonyl (C=O) groups excluding carboxylic acids is 1. The molecule has 2 fully saturated rings. The Kier molecular flexibility index (Phi) is 6.61. The summed E-state index contributed by atoms with van der Waals surface area (Å²) in [5.41, 5.74) is 0. The van der Waals surface area contributed by atoms with Crippen LogP contribution in [0.4, 0.5) is 0 Å². The van der Waals surface area contributed by atoms with Crippen molar-refractivity contribution < 1.29 is 4.79 Å². The predicted octanol–water partition coefficient (Wildman–Crippen LogP) is 2.88. The highest BCUT2D eigenvalue weighted by Gasteiger charge is 2.38. The van der Waals surface area contributed by atoms with Crippen molar-refractivity contribution in [3.63, 3.8) is 0 Å². The Morgan fingerprint density at radius 3 is 2.63 bits per heavy atom. The van der Waals surface area contributed by atoms with Crippen molar-refractivity contribution in [3.8, 4) is 0 Å². The second-order valence-corrected chi connectivity index (χ2v) is 6.29. The van der Waals surface area contributed by atoms with Crippen molar-refractivity contribution in [2.45, 2.75) is 77.4 Å². The van der Waals surface area contributed by atoms with Crippen molar-refractivity contribution in [1.82, 2.24) is 10.6 Å². The summed E-state index contributed by atoms with van der Waals surface area (Å²) in [6.07, 6.45) is 7.40. The van der Waals surface area contributed by atoms with Gasteiger partial charge in [-0.05, 0) is 38.0 Å². The molecular weight excluding hydrogens is 260 g/mol. The second-order valence-electron chi connectivity index (χ2n) is 6.29. The largest absolute Gasteiger partial charge is 0.352 e. The molecule has 1 aliphatic carbocycles. The smallest absolute Gasteiger partial charge is 0.237 e. The second kappa shape index (κ2) is 7.49. The summed E-state index contributed by atoms with van der Waals surface area (Å²) in [4.78, 5) is 12.2. The zero-order valence-corrected chi connectivity index (χ0v) is 13.3. The SMILES string of the molecule is CCC(C)C(C)NC(=O)C1CC2CCCCC2N1.Cl. The normalized spacial score (nSPS) is 32.9. The van der Waals surface area contributed by atoms with Gasteiger partial charge < -0.3 is 10.6 Å². The van der Waals surface area contributed by atoms with Gasteiger partial charge in [0, 0.05) is 12.1 Å². The third-order valence-electron chi connectivity index (χ3n) is 5.05. The highest BCUT2D eigenvalue weighted by atomic mass is 35.5. The molecule has 1 amide bonds. The topological polar surface area (TPSA) is 41.1 Å². The van der Waals surface area contributed by atoms with Crippen LogP contribution in [0, 0.1) is 11.8 Å². The minimum Gasteiger partial charge on any atom is -0.352 e. The van der Waals surface area contributed by atoms with Crippen LogP contribution in [0.25, 0.3) is 0 Å². The van der Waals surface area contributed by atoms with Gasteiger partial charge in [-0.3, -0.25) is 4.79 Å². The molecule has 0 radical (unpaired) electrons. The van der Waals surface area contributed by atoms with Gasteiger partial charge in [-0.2, -0.15) is 0 Å². The van der Waals surface area contributed by atoms with Crippen molar-refractivity contribution in [3.05, 3.63) is 0 Å². The Morgan fingerprint density at radius 1 is 1.32 bits per heavy atom. The van der Waals surface area contributed by atoms with Gasteiger partial charge in [0.2, 0.25) is 5.91 Å². The van der Waals surface area contributed by atoms with E-state index in [1.165, 1.54) is 25.7 Å². The average Bonchev–Trinajstić information content (AvgIpc) is 2.81. The first-order chi connectivity index (χ1) is 8.61. The molecular formula is C15H29ClN2O. The van der Waals surface area contributed by atoms with Crippen LogP contribution in [0.15, 0.2) is 0 Å². The number of nitrogens with one attached hydrogen (secondary N) is 2. The Bertz CT molecular complexity index is 284. The van der Waals surface area contributed by atoms with E-state index in [1.54, 1.807) is 0 Å². The van der Waals surface area contributed by atoms with Gasteiger partial charge in [-0.1, -0.05) is 33.1 Å². The van der Waals surface area contributed by atoms with E-state index in [0.29, 0.717) is 12.0 Å². The molecule has 2 rings (SSSR count). The Labute approximate surface area is 123 Å². The summed E-state index contributed by atoms with van der Waals surface area (Å²) in [5, 5.41) is 6.72. The van der Waals surface area contributed by atoms with Crippen LogP contribution in [-0.2, 0) is 4.79 Å². The maximum absolute atomic E-state index is 12.2. The molecule has 0 aromatic heterocycles. The molecule has 1 heterocycles. The Morgan fingerprint density at radius 2 is 2.00 bits per heavy atom. The summed E-state index contributed by atoms with van der Waals surface area (Å²) in [5.74, 6) is 1.52. The van der Waals surface area contributed by atoms with Crippen LogP contribution in [0.1, 0.15) is 59.3 Å². The molecule has 2 N–H and O–H groups in total. The molecule has 1 aliphatic heterocycles. The fourth-order valence-corrected chi connectivity index (χ4v) is 3.34. The van der Waals surface area contributed by atoms with E-state index in [0.717, 1.165) is 18.8 Å². The van der Waals surface area contributed by atoms with Gasteiger partial charge in [0.25, 0.3) is 0 Å². The van der Waals surface area contributed by atoms with Gasteiger partial charge in [0.15, 0.2) is 0 Å². The molecule has 1 saturated heterocycles. The minimum atomic E-state index is 0. The number of rotatable bonds is 4. The van der Waals surface area contributed by atoms with Gasteiger partial charge in [-0.15, -0.1) is 12.4 Å². The average molecular weight is 289 g/mol. The Hall–Kier alpha value is -0.280. The van der Waals surface area contributed by atoms with E-state index in [2.05, 4.69) is 31.4 Å². The first-order valence-corrected chi connectivity index (χ1v) is 7.68. The standard InChI is InChI=1S/C15H28N2O.ClH/c1-4-10(2)11(3)16-15(18)14-9-12-7-5-6-8-13(12)17-14;/h10-14,17H,4-9H2,1-3H3,(H,16,18);1H. The quantitative estimate of drug-likeness (QED) is 0.835. The number of amides is 1. The fourth-order valence-electron chi connectivity index (χ4n) is 3.34. The summed E-state index contributed by atoms with van der Waals surface area (Å²) in [6.45, 7) is 6.50. The van der Waals surface area contributed by atoms with Crippen LogP contribution < -0.4 is 10.6 Å². The van der Waals surface area contributed by atoms with Crippen molar-refractivity contribution in [2.24, 2.45) is 11.8 Å². The van der Waals surface area contributed by atoms with E-state index in [4.69, 9.17) is 0 Å². The molecule has 1 saturated carbocycles. The monoisotopic (exact) mass is 288 g/mol. The minimum absolute atomic E-state index is 0. The van der Waals surface area contributed by atoms with E-state index in [9.17, 15) is 4.79 Å². The predicted molar refractivity (Wildman–Crippen MR) is 81.6 cm³/mol. The molecule has 0 aromatic rings. The van der Waals surface area contributed by atoms with Crippen molar-refractivity contribution >= 4 is 18.3 Å².